The van der Waals surface area contributed by atoms with Gasteiger partial charge in [-0.15, -0.1) is 0 Å². The lowest BCUT2D eigenvalue weighted by atomic mass is 9.74. The normalized spacial score (nSPS) is 40.8. The average Bonchev–Trinajstić information content (AvgIpc) is 2.84. The van der Waals surface area contributed by atoms with Crippen molar-refractivity contribution < 1.29 is 14.3 Å². The van der Waals surface area contributed by atoms with Gasteiger partial charge in [0.05, 0.1) is 19.3 Å². The molecular weight excluding hydrogens is 206 g/mol. The summed E-state index contributed by atoms with van der Waals surface area (Å²) < 4.78 is 10.6. The van der Waals surface area contributed by atoms with E-state index in [0.29, 0.717) is 18.1 Å². The van der Waals surface area contributed by atoms with Crippen molar-refractivity contribution >= 4 is 5.97 Å². The first kappa shape index (κ1) is 10.5. The minimum absolute atomic E-state index is 0.00701. The Hall–Kier alpha value is -0.610. The zero-order chi connectivity index (χ0) is 11.3. The average molecular weight is 225 g/mol. The van der Waals surface area contributed by atoms with Crippen LogP contribution in [0.5, 0.6) is 0 Å². The second-order valence-corrected chi connectivity index (χ2v) is 5.45. The van der Waals surface area contributed by atoms with E-state index in [4.69, 9.17) is 15.2 Å². The fraction of sp³-hybridized carbons (Fsp3) is 0.917. The van der Waals surface area contributed by atoms with Crippen molar-refractivity contribution in [3.05, 3.63) is 0 Å². The number of carbonyl (C=O) groups is 1. The Morgan fingerprint density at radius 2 is 2.25 bits per heavy atom. The third-order valence-corrected chi connectivity index (χ3v) is 4.75. The lowest BCUT2D eigenvalue weighted by Crippen LogP contribution is -2.46. The molecule has 0 amide bonds. The summed E-state index contributed by atoms with van der Waals surface area (Å²) in [6.45, 7) is 0. The number of hydrogen-bond acceptors (Lipinski definition) is 4. The number of fused-ring (bicyclic) bond motifs is 2. The number of methoxy groups -OCH3 is 1. The number of carbonyl (C=O) groups excluding carboxylic acids is 1. The highest BCUT2D eigenvalue weighted by Gasteiger charge is 2.62. The van der Waals surface area contributed by atoms with E-state index in [2.05, 4.69) is 0 Å². The molecule has 0 aromatic heterocycles. The summed E-state index contributed by atoms with van der Waals surface area (Å²) in [5, 5.41) is 0. The Morgan fingerprint density at radius 3 is 2.69 bits per heavy atom. The molecule has 0 aromatic carbocycles. The molecule has 0 aromatic rings. The molecule has 2 aliphatic heterocycles. The molecule has 4 unspecified atom stereocenters. The summed E-state index contributed by atoms with van der Waals surface area (Å²) >= 11 is 0. The van der Waals surface area contributed by atoms with Gasteiger partial charge in [0.15, 0.2) is 0 Å². The molecule has 2 heterocycles. The van der Waals surface area contributed by atoms with Crippen LogP contribution >= 0.6 is 0 Å². The monoisotopic (exact) mass is 225 g/mol. The summed E-state index contributed by atoms with van der Waals surface area (Å²) in [6, 6.07) is -0.453. The molecule has 4 nitrogen and oxygen atoms in total. The smallest absolute Gasteiger partial charge is 0.323 e. The third-order valence-electron chi connectivity index (χ3n) is 4.75. The SMILES string of the molecule is COC(=O)C(N)C1(C2CC3CCC2O3)CC1. The Bertz CT molecular complexity index is 313. The topological polar surface area (TPSA) is 61.5 Å². The third kappa shape index (κ3) is 1.32. The number of nitrogens with two attached hydrogens (primary N) is 1. The Balaban J connectivity index is 1.76. The molecule has 1 saturated carbocycles. The van der Waals surface area contributed by atoms with E-state index in [1.54, 1.807) is 0 Å². The summed E-state index contributed by atoms with van der Waals surface area (Å²) in [4.78, 5) is 11.6. The highest BCUT2D eigenvalue weighted by molar-refractivity contribution is 5.77. The molecule has 2 bridgehead atoms. The number of esters is 1. The molecule has 0 radical (unpaired) electrons. The maximum atomic E-state index is 11.6. The highest BCUT2D eigenvalue weighted by Crippen LogP contribution is 2.61. The van der Waals surface area contributed by atoms with Crippen molar-refractivity contribution in [2.45, 2.75) is 50.4 Å². The molecule has 4 atom stereocenters. The first-order chi connectivity index (χ1) is 7.67. The lowest BCUT2D eigenvalue weighted by Gasteiger charge is -2.31. The predicted molar refractivity (Wildman–Crippen MR) is 57.7 cm³/mol. The predicted octanol–water partition coefficient (Wildman–Crippen LogP) is 0.834. The van der Waals surface area contributed by atoms with Crippen molar-refractivity contribution in [3.63, 3.8) is 0 Å². The molecule has 3 rings (SSSR count). The molecule has 3 fully saturated rings. The molecule has 2 N–H and O–H groups in total. The van der Waals surface area contributed by atoms with Gasteiger partial charge >= 0.3 is 5.97 Å². The van der Waals surface area contributed by atoms with Gasteiger partial charge in [0.2, 0.25) is 0 Å². The van der Waals surface area contributed by atoms with E-state index in [-0.39, 0.29) is 11.4 Å². The van der Waals surface area contributed by atoms with Gasteiger partial charge in [-0.2, -0.15) is 0 Å². The quantitative estimate of drug-likeness (QED) is 0.723. The second kappa shape index (κ2) is 3.44. The maximum Gasteiger partial charge on any atom is 0.323 e. The number of ether oxygens (including phenoxy) is 2. The largest absolute Gasteiger partial charge is 0.468 e. The van der Waals surface area contributed by atoms with Crippen LogP contribution in [0.1, 0.15) is 32.1 Å². The minimum Gasteiger partial charge on any atom is -0.468 e. The number of hydrogen-bond donors (Lipinski definition) is 1. The molecule has 3 aliphatic rings. The van der Waals surface area contributed by atoms with E-state index >= 15 is 0 Å². The molecule has 16 heavy (non-hydrogen) atoms. The fourth-order valence-electron chi connectivity index (χ4n) is 3.66. The van der Waals surface area contributed by atoms with Crippen LogP contribution in [0.25, 0.3) is 0 Å². The Labute approximate surface area is 95.5 Å². The zero-order valence-electron chi connectivity index (χ0n) is 9.65. The van der Waals surface area contributed by atoms with Gasteiger partial charge in [-0.3, -0.25) is 4.79 Å². The van der Waals surface area contributed by atoms with Crippen LogP contribution in [0.3, 0.4) is 0 Å². The summed E-state index contributed by atoms with van der Waals surface area (Å²) in [5.41, 5.74) is 6.04. The first-order valence-electron chi connectivity index (χ1n) is 6.16. The molecule has 2 saturated heterocycles. The fourth-order valence-corrected chi connectivity index (χ4v) is 3.66. The lowest BCUT2D eigenvalue weighted by molar-refractivity contribution is -0.144. The van der Waals surface area contributed by atoms with Crippen molar-refractivity contribution in [2.24, 2.45) is 17.1 Å². The summed E-state index contributed by atoms with van der Waals surface area (Å²) in [6.07, 6.45) is 6.31. The van der Waals surface area contributed by atoms with Gasteiger partial charge in [0.1, 0.15) is 6.04 Å². The van der Waals surface area contributed by atoms with Crippen LogP contribution in [-0.2, 0) is 14.3 Å². The molecule has 90 valence electrons. The molecule has 0 spiro atoms. The van der Waals surface area contributed by atoms with Crippen LogP contribution in [0, 0.1) is 11.3 Å². The highest BCUT2D eigenvalue weighted by atomic mass is 16.5. The van der Waals surface area contributed by atoms with Gasteiger partial charge in [-0.05, 0) is 38.0 Å². The number of rotatable bonds is 3. The van der Waals surface area contributed by atoms with Gasteiger partial charge < -0.3 is 15.2 Å². The van der Waals surface area contributed by atoms with Gasteiger partial charge in [0.25, 0.3) is 0 Å². The molecular formula is C12H19NO3. The van der Waals surface area contributed by atoms with Crippen molar-refractivity contribution in [3.8, 4) is 0 Å². The van der Waals surface area contributed by atoms with Crippen LogP contribution in [0.4, 0.5) is 0 Å². The van der Waals surface area contributed by atoms with Crippen molar-refractivity contribution in [2.75, 3.05) is 7.11 Å². The van der Waals surface area contributed by atoms with E-state index in [0.717, 1.165) is 25.7 Å². The molecule has 4 heteroatoms. The standard InChI is InChI=1S/C12H19NO3/c1-15-11(14)10(13)12(4-5-12)8-6-7-2-3-9(8)16-7/h7-10H,2-6,13H2,1H3. The Kier molecular flexibility index (Phi) is 2.27. The van der Waals surface area contributed by atoms with E-state index in [1.807, 2.05) is 0 Å². The van der Waals surface area contributed by atoms with Crippen LogP contribution in [-0.4, -0.2) is 31.3 Å². The van der Waals surface area contributed by atoms with Crippen LogP contribution in [0.2, 0.25) is 0 Å². The van der Waals surface area contributed by atoms with E-state index in [1.165, 1.54) is 13.5 Å². The summed E-state index contributed by atoms with van der Waals surface area (Å²) in [7, 11) is 1.41. The minimum atomic E-state index is -0.453. The van der Waals surface area contributed by atoms with Crippen molar-refractivity contribution in [1.82, 2.24) is 0 Å². The zero-order valence-corrected chi connectivity index (χ0v) is 9.65. The van der Waals surface area contributed by atoms with E-state index < -0.39 is 6.04 Å². The van der Waals surface area contributed by atoms with Gasteiger partial charge in [-0.1, -0.05) is 0 Å². The summed E-state index contributed by atoms with van der Waals surface area (Å²) in [5.74, 6) is 0.223. The van der Waals surface area contributed by atoms with E-state index in [9.17, 15) is 4.79 Å². The Morgan fingerprint density at radius 1 is 1.50 bits per heavy atom. The molecule has 1 aliphatic carbocycles. The van der Waals surface area contributed by atoms with Crippen LogP contribution < -0.4 is 5.73 Å². The first-order valence-corrected chi connectivity index (χ1v) is 6.16. The maximum absolute atomic E-state index is 11.6. The van der Waals surface area contributed by atoms with Gasteiger partial charge in [-0.25, -0.2) is 0 Å². The van der Waals surface area contributed by atoms with Gasteiger partial charge in [0, 0.05) is 5.41 Å². The van der Waals surface area contributed by atoms with Crippen LogP contribution in [0.15, 0.2) is 0 Å². The second-order valence-electron chi connectivity index (χ2n) is 5.45. The van der Waals surface area contributed by atoms with Crippen molar-refractivity contribution in [1.29, 1.82) is 0 Å².